The van der Waals surface area contributed by atoms with Gasteiger partial charge in [-0.3, -0.25) is 0 Å². The molecule has 2 fully saturated rings. The van der Waals surface area contributed by atoms with Gasteiger partial charge in [0.25, 0.3) is 0 Å². The number of hydrogen-bond acceptors (Lipinski definition) is 3. The number of imidazole rings is 1. The largest absolute Gasteiger partial charge is 0.370 e. The van der Waals surface area contributed by atoms with Crippen molar-refractivity contribution in [3.63, 3.8) is 0 Å². The number of nitrogens with zero attached hydrogens (tertiary/aromatic N) is 3. The van der Waals surface area contributed by atoms with Crippen LogP contribution in [0.5, 0.6) is 0 Å². The average Bonchev–Trinajstić information content (AvgIpc) is 2.78. The minimum absolute atomic E-state index is 0.170. The van der Waals surface area contributed by atoms with Crippen LogP contribution in [0.2, 0.25) is 0 Å². The number of rotatable bonds is 2. The Balaban J connectivity index is 1.83. The lowest BCUT2D eigenvalue weighted by Gasteiger charge is -2.31. The molecule has 0 radical (unpaired) electrons. The van der Waals surface area contributed by atoms with Crippen molar-refractivity contribution in [3.05, 3.63) is 24.2 Å². The van der Waals surface area contributed by atoms with Crippen molar-refractivity contribution in [2.24, 2.45) is 0 Å². The summed E-state index contributed by atoms with van der Waals surface area (Å²) in [5, 5.41) is 0. The molecule has 1 saturated carbocycles. The predicted molar refractivity (Wildman–Crippen MR) is 73.0 cm³/mol. The Kier molecular flexibility index (Phi) is 2.76. The summed E-state index contributed by atoms with van der Waals surface area (Å²) in [5.74, 6) is 1.11. The molecule has 1 unspecified atom stereocenters. The number of fused-ring (bicyclic) bond motifs is 1. The Morgan fingerprint density at radius 3 is 2.84 bits per heavy atom. The van der Waals surface area contributed by atoms with Gasteiger partial charge in [0, 0.05) is 18.8 Å². The zero-order valence-corrected chi connectivity index (χ0v) is 11.1. The first kappa shape index (κ1) is 11.4. The second-order valence-corrected chi connectivity index (χ2v) is 5.63. The van der Waals surface area contributed by atoms with E-state index in [1.165, 1.54) is 32.1 Å². The van der Waals surface area contributed by atoms with Crippen molar-refractivity contribution in [2.45, 2.75) is 50.7 Å². The molecule has 4 rings (SSSR count). The van der Waals surface area contributed by atoms with Crippen LogP contribution in [-0.4, -0.2) is 21.1 Å². The van der Waals surface area contributed by atoms with Crippen LogP contribution in [0.25, 0.3) is 11.2 Å². The first-order valence-electron chi connectivity index (χ1n) is 7.38. The molecule has 0 N–H and O–H groups in total. The molecule has 1 atom stereocenters. The maximum atomic E-state index is 5.94. The molecule has 0 spiro atoms. The van der Waals surface area contributed by atoms with Gasteiger partial charge in [0.2, 0.25) is 0 Å². The molecule has 0 bridgehead atoms. The third-order valence-electron chi connectivity index (χ3n) is 4.38. The van der Waals surface area contributed by atoms with Crippen molar-refractivity contribution in [2.75, 3.05) is 6.61 Å². The molecule has 0 amide bonds. The Morgan fingerprint density at radius 1 is 1.16 bits per heavy atom. The first-order chi connectivity index (χ1) is 9.43. The summed E-state index contributed by atoms with van der Waals surface area (Å²) in [6.45, 7) is 0.867. The van der Waals surface area contributed by atoms with Gasteiger partial charge in [-0.2, -0.15) is 0 Å². The second kappa shape index (κ2) is 4.60. The highest BCUT2D eigenvalue weighted by Crippen LogP contribution is 2.38. The molecule has 1 saturated heterocycles. The van der Waals surface area contributed by atoms with Crippen LogP contribution in [0.1, 0.15) is 56.5 Å². The van der Waals surface area contributed by atoms with E-state index in [0.29, 0.717) is 6.04 Å². The average molecular weight is 257 g/mol. The van der Waals surface area contributed by atoms with Gasteiger partial charge < -0.3 is 9.30 Å². The maximum absolute atomic E-state index is 5.94. The summed E-state index contributed by atoms with van der Waals surface area (Å²) < 4.78 is 8.30. The summed E-state index contributed by atoms with van der Waals surface area (Å²) in [6, 6.07) is 4.61. The zero-order valence-electron chi connectivity index (χ0n) is 11.1. The standard InChI is InChI=1S/C15H19N3O/c1-2-10-19-13(8-1)15-17-12-7-4-9-16-14(12)18(15)11-5-3-6-11/h4,7,9,11,13H,1-3,5-6,8,10H2. The van der Waals surface area contributed by atoms with Crippen molar-refractivity contribution in [1.29, 1.82) is 0 Å². The minimum atomic E-state index is 0.170. The lowest BCUT2D eigenvalue weighted by atomic mass is 9.92. The third-order valence-corrected chi connectivity index (χ3v) is 4.38. The van der Waals surface area contributed by atoms with Gasteiger partial charge in [-0.05, 0) is 50.7 Å². The van der Waals surface area contributed by atoms with E-state index in [4.69, 9.17) is 9.72 Å². The molecule has 1 aliphatic heterocycles. The number of hydrogen-bond donors (Lipinski definition) is 0. The van der Waals surface area contributed by atoms with E-state index in [-0.39, 0.29) is 6.10 Å². The molecule has 4 nitrogen and oxygen atoms in total. The van der Waals surface area contributed by atoms with Gasteiger partial charge in [-0.15, -0.1) is 0 Å². The fourth-order valence-corrected chi connectivity index (χ4v) is 3.12. The first-order valence-corrected chi connectivity index (χ1v) is 7.38. The predicted octanol–water partition coefficient (Wildman–Crippen LogP) is 3.40. The second-order valence-electron chi connectivity index (χ2n) is 5.63. The van der Waals surface area contributed by atoms with Crippen LogP contribution in [0.15, 0.2) is 18.3 Å². The monoisotopic (exact) mass is 257 g/mol. The quantitative estimate of drug-likeness (QED) is 0.827. The Labute approximate surface area is 112 Å². The van der Waals surface area contributed by atoms with Gasteiger partial charge >= 0.3 is 0 Å². The molecule has 3 heterocycles. The van der Waals surface area contributed by atoms with E-state index < -0.39 is 0 Å². The Hall–Kier alpha value is -1.42. The van der Waals surface area contributed by atoms with Gasteiger partial charge in [0.15, 0.2) is 5.65 Å². The van der Waals surface area contributed by atoms with E-state index in [1.807, 2.05) is 12.3 Å². The van der Waals surface area contributed by atoms with Crippen LogP contribution in [-0.2, 0) is 4.74 Å². The van der Waals surface area contributed by atoms with Crippen molar-refractivity contribution < 1.29 is 4.74 Å². The fourth-order valence-electron chi connectivity index (χ4n) is 3.12. The molecular weight excluding hydrogens is 238 g/mol. The summed E-state index contributed by atoms with van der Waals surface area (Å²) in [6.07, 6.45) is 9.38. The molecule has 100 valence electrons. The van der Waals surface area contributed by atoms with Crippen molar-refractivity contribution in [1.82, 2.24) is 14.5 Å². The lowest BCUT2D eigenvalue weighted by Crippen LogP contribution is -2.23. The van der Waals surface area contributed by atoms with Crippen molar-refractivity contribution in [3.8, 4) is 0 Å². The molecule has 4 heteroatoms. The van der Waals surface area contributed by atoms with Crippen LogP contribution in [0, 0.1) is 0 Å². The van der Waals surface area contributed by atoms with E-state index in [1.54, 1.807) is 0 Å². The number of pyridine rings is 1. The van der Waals surface area contributed by atoms with Gasteiger partial charge in [0.1, 0.15) is 17.4 Å². The minimum Gasteiger partial charge on any atom is -0.370 e. The molecule has 2 aliphatic rings. The maximum Gasteiger partial charge on any atom is 0.160 e. The lowest BCUT2D eigenvalue weighted by molar-refractivity contribution is 0.00578. The highest BCUT2D eigenvalue weighted by Gasteiger charge is 2.29. The molecular formula is C15H19N3O. The topological polar surface area (TPSA) is 39.9 Å². The van der Waals surface area contributed by atoms with Crippen LogP contribution < -0.4 is 0 Å². The summed E-state index contributed by atoms with van der Waals surface area (Å²) in [4.78, 5) is 9.36. The SMILES string of the molecule is c1cnc2c(c1)nc(C1CCCCO1)n2C1CCC1. The molecule has 1 aliphatic carbocycles. The smallest absolute Gasteiger partial charge is 0.160 e. The highest BCUT2D eigenvalue weighted by molar-refractivity contribution is 5.71. The van der Waals surface area contributed by atoms with Crippen LogP contribution >= 0.6 is 0 Å². The molecule has 2 aromatic rings. The fraction of sp³-hybridized carbons (Fsp3) is 0.600. The summed E-state index contributed by atoms with van der Waals surface area (Å²) in [5.41, 5.74) is 2.05. The number of ether oxygens (including phenoxy) is 1. The third kappa shape index (κ3) is 1.86. The molecule has 19 heavy (non-hydrogen) atoms. The Bertz CT molecular complexity index is 582. The van der Waals surface area contributed by atoms with Gasteiger partial charge in [-0.25, -0.2) is 9.97 Å². The molecule has 0 aromatic carbocycles. The summed E-state index contributed by atoms with van der Waals surface area (Å²) >= 11 is 0. The van der Waals surface area contributed by atoms with E-state index >= 15 is 0 Å². The Morgan fingerprint density at radius 2 is 2.11 bits per heavy atom. The summed E-state index contributed by atoms with van der Waals surface area (Å²) in [7, 11) is 0. The van der Waals surface area contributed by atoms with E-state index in [9.17, 15) is 0 Å². The zero-order chi connectivity index (χ0) is 12.7. The van der Waals surface area contributed by atoms with Gasteiger partial charge in [0.05, 0.1) is 0 Å². The molecule has 2 aromatic heterocycles. The van der Waals surface area contributed by atoms with E-state index in [2.05, 4.69) is 15.6 Å². The van der Waals surface area contributed by atoms with Crippen LogP contribution in [0.3, 0.4) is 0 Å². The van der Waals surface area contributed by atoms with Crippen LogP contribution in [0.4, 0.5) is 0 Å². The van der Waals surface area contributed by atoms with E-state index in [0.717, 1.165) is 30.0 Å². The van der Waals surface area contributed by atoms with Crippen molar-refractivity contribution >= 4 is 11.2 Å². The highest BCUT2D eigenvalue weighted by atomic mass is 16.5. The normalized spacial score (nSPS) is 24.5. The van der Waals surface area contributed by atoms with Gasteiger partial charge in [-0.1, -0.05) is 0 Å². The number of aromatic nitrogens is 3.